The van der Waals surface area contributed by atoms with Crippen LogP contribution < -0.4 is 0 Å². The second-order valence-corrected chi connectivity index (χ2v) is 20.5. The maximum atomic E-state index is 12.8. The average Bonchev–Trinajstić information content (AvgIpc) is 3.25. The highest BCUT2D eigenvalue weighted by atomic mass is 16.6. The Balaban J connectivity index is 4.21. The number of carbonyl (C=O) groups is 3. The van der Waals surface area contributed by atoms with Gasteiger partial charge in [-0.2, -0.15) is 0 Å². The maximum absolute atomic E-state index is 12.8. The summed E-state index contributed by atoms with van der Waals surface area (Å²) in [7, 11) is 0. The van der Waals surface area contributed by atoms with Crippen molar-refractivity contribution in [1.29, 1.82) is 0 Å². The number of ether oxygens (including phenoxy) is 3. The van der Waals surface area contributed by atoms with Gasteiger partial charge >= 0.3 is 17.9 Å². The molecule has 0 unspecified atom stereocenters. The predicted octanol–water partition coefficient (Wildman–Crippen LogP) is 18.5. The van der Waals surface area contributed by atoms with E-state index in [0.29, 0.717) is 19.3 Å². The summed E-state index contributed by atoms with van der Waals surface area (Å²) in [6.45, 7) is 11.4. The van der Waals surface area contributed by atoms with Gasteiger partial charge in [-0.3, -0.25) is 14.4 Å². The Labute approximate surface area is 393 Å². The van der Waals surface area contributed by atoms with Gasteiger partial charge in [0.1, 0.15) is 13.2 Å². The molecular formula is C57H110O6. The van der Waals surface area contributed by atoms with Crippen LogP contribution in [0, 0.1) is 11.8 Å². The molecule has 6 heteroatoms. The SMILES string of the molecule is CCCCCCCCCCCCCCCC(=O)O[C@H](COC(=O)CCCCCCCCCCCCCCCCCCCCC(C)C)COC(=O)CCCCCCCCCCC(C)C. The molecule has 6 nitrogen and oxygen atoms in total. The van der Waals surface area contributed by atoms with Gasteiger partial charge in [-0.15, -0.1) is 0 Å². The quantitative estimate of drug-likeness (QED) is 0.0344. The molecule has 63 heavy (non-hydrogen) atoms. The van der Waals surface area contributed by atoms with Crippen molar-refractivity contribution in [2.75, 3.05) is 13.2 Å². The number of carbonyl (C=O) groups excluding carboxylic acids is 3. The lowest BCUT2D eigenvalue weighted by molar-refractivity contribution is -0.167. The van der Waals surface area contributed by atoms with Crippen molar-refractivity contribution in [3.8, 4) is 0 Å². The molecule has 0 heterocycles. The summed E-state index contributed by atoms with van der Waals surface area (Å²) >= 11 is 0. The minimum absolute atomic E-state index is 0.0632. The van der Waals surface area contributed by atoms with E-state index in [1.807, 2.05) is 0 Å². The zero-order valence-electron chi connectivity index (χ0n) is 43.2. The number of hydrogen-bond donors (Lipinski definition) is 0. The van der Waals surface area contributed by atoms with Crippen molar-refractivity contribution >= 4 is 17.9 Å². The largest absolute Gasteiger partial charge is 0.462 e. The van der Waals surface area contributed by atoms with Crippen molar-refractivity contribution in [2.45, 2.75) is 323 Å². The van der Waals surface area contributed by atoms with E-state index >= 15 is 0 Å². The topological polar surface area (TPSA) is 78.9 Å². The molecule has 1 atom stereocenters. The van der Waals surface area contributed by atoms with E-state index in [0.717, 1.165) is 69.6 Å². The lowest BCUT2D eigenvalue weighted by atomic mass is 10.0. The third kappa shape index (κ3) is 51.3. The Bertz CT molecular complexity index is 962. The van der Waals surface area contributed by atoms with Crippen molar-refractivity contribution in [2.24, 2.45) is 11.8 Å². The summed E-state index contributed by atoms with van der Waals surface area (Å²) in [4.78, 5) is 38.0. The monoisotopic (exact) mass is 891 g/mol. The van der Waals surface area contributed by atoms with Gasteiger partial charge in [0.05, 0.1) is 0 Å². The van der Waals surface area contributed by atoms with Crippen LogP contribution in [0.2, 0.25) is 0 Å². The first-order chi connectivity index (χ1) is 30.7. The Hall–Kier alpha value is -1.59. The lowest BCUT2D eigenvalue weighted by Gasteiger charge is -2.18. The predicted molar refractivity (Wildman–Crippen MR) is 270 cm³/mol. The lowest BCUT2D eigenvalue weighted by Crippen LogP contribution is -2.30. The van der Waals surface area contributed by atoms with Crippen LogP contribution in [-0.2, 0) is 28.6 Å². The van der Waals surface area contributed by atoms with Gasteiger partial charge in [0, 0.05) is 19.3 Å². The maximum Gasteiger partial charge on any atom is 0.306 e. The molecule has 0 aromatic heterocycles. The molecule has 0 saturated heterocycles. The average molecular weight is 892 g/mol. The Morgan fingerprint density at radius 1 is 0.302 bits per heavy atom. The standard InChI is InChI=1S/C57H110O6/c1-6-7-8-9-10-11-12-19-24-27-34-39-44-49-57(60)63-54(51-62-56(59)48-43-38-33-29-28-31-36-41-46-53(4)5)50-61-55(58)47-42-37-32-26-23-21-18-16-14-13-15-17-20-22-25-30-35-40-45-52(2)3/h52-54H,6-51H2,1-5H3/t54-/m1/s1. The van der Waals surface area contributed by atoms with Crippen LogP contribution in [0.5, 0.6) is 0 Å². The molecule has 0 aliphatic heterocycles. The summed E-state index contributed by atoms with van der Waals surface area (Å²) in [6.07, 6.45) is 52.4. The van der Waals surface area contributed by atoms with Gasteiger partial charge in [0.25, 0.3) is 0 Å². The van der Waals surface area contributed by atoms with E-state index in [-0.39, 0.29) is 31.1 Å². The normalized spacial score (nSPS) is 12.0. The Morgan fingerprint density at radius 2 is 0.524 bits per heavy atom. The highest BCUT2D eigenvalue weighted by Gasteiger charge is 2.19. The molecule has 0 aliphatic rings. The van der Waals surface area contributed by atoms with Crippen LogP contribution in [0.4, 0.5) is 0 Å². The number of esters is 3. The van der Waals surface area contributed by atoms with Crippen molar-refractivity contribution in [1.82, 2.24) is 0 Å². The van der Waals surface area contributed by atoms with Gasteiger partial charge in [-0.1, -0.05) is 279 Å². The second kappa shape index (κ2) is 49.8. The van der Waals surface area contributed by atoms with Gasteiger partial charge in [-0.05, 0) is 31.1 Å². The highest BCUT2D eigenvalue weighted by molar-refractivity contribution is 5.71. The molecular weight excluding hydrogens is 781 g/mol. The van der Waals surface area contributed by atoms with Crippen LogP contribution >= 0.6 is 0 Å². The van der Waals surface area contributed by atoms with Crippen LogP contribution in [-0.4, -0.2) is 37.2 Å². The Kier molecular flexibility index (Phi) is 48.6. The summed E-state index contributed by atoms with van der Waals surface area (Å²) in [6, 6.07) is 0. The zero-order valence-corrected chi connectivity index (χ0v) is 43.2. The molecule has 0 aromatic carbocycles. The first-order valence-corrected chi connectivity index (χ1v) is 28.2. The van der Waals surface area contributed by atoms with Gasteiger partial charge in [0.15, 0.2) is 6.10 Å². The third-order valence-corrected chi connectivity index (χ3v) is 13.0. The van der Waals surface area contributed by atoms with E-state index in [2.05, 4.69) is 34.6 Å². The molecule has 0 aromatic rings. The molecule has 0 aliphatic carbocycles. The summed E-state index contributed by atoms with van der Waals surface area (Å²) in [5, 5.41) is 0. The molecule has 374 valence electrons. The molecule has 0 radical (unpaired) electrons. The highest BCUT2D eigenvalue weighted by Crippen LogP contribution is 2.18. The molecule has 0 rings (SSSR count). The van der Waals surface area contributed by atoms with Crippen LogP contribution in [0.3, 0.4) is 0 Å². The van der Waals surface area contributed by atoms with Crippen molar-refractivity contribution in [3.63, 3.8) is 0 Å². The third-order valence-electron chi connectivity index (χ3n) is 13.0. The minimum Gasteiger partial charge on any atom is -0.462 e. The van der Waals surface area contributed by atoms with Crippen molar-refractivity contribution < 1.29 is 28.6 Å². The molecule has 0 N–H and O–H groups in total. The summed E-state index contributed by atoms with van der Waals surface area (Å²) in [5.41, 5.74) is 0. The summed E-state index contributed by atoms with van der Waals surface area (Å²) in [5.74, 6) is 0.812. The fourth-order valence-corrected chi connectivity index (χ4v) is 8.70. The van der Waals surface area contributed by atoms with Gasteiger partial charge in [-0.25, -0.2) is 0 Å². The van der Waals surface area contributed by atoms with E-state index in [1.54, 1.807) is 0 Å². The molecule has 0 saturated carbocycles. The van der Waals surface area contributed by atoms with Gasteiger partial charge < -0.3 is 14.2 Å². The van der Waals surface area contributed by atoms with Crippen LogP contribution in [0.1, 0.15) is 317 Å². The summed E-state index contributed by atoms with van der Waals surface area (Å²) < 4.78 is 16.8. The first kappa shape index (κ1) is 61.4. The number of rotatable bonds is 51. The molecule has 0 fully saturated rings. The number of unbranched alkanes of at least 4 members (excludes halogenated alkanes) is 36. The van der Waals surface area contributed by atoms with Gasteiger partial charge in [0.2, 0.25) is 0 Å². The van der Waals surface area contributed by atoms with Crippen LogP contribution in [0.15, 0.2) is 0 Å². The number of hydrogen-bond acceptors (Lipinski definition) is 6. The van der Waals surface area contributed by atoms with E-state index in [4.69, 9.17) is 14.2 Å². The van der Waals surface area contributed by atoms with E-state index in [1.165, 1.54) is 205 Å². The second-order valence-electron chi connectivity index (χ2n) is 20.5. The van der Waals surface area contributed by atoms with Crippen LogP contribution in [0.25, 0.3) is 0 Å². The van der Waals surface area contributed by atoms with E-state index in [9.17, 15) is 14.4 Å². The van der Waals surface area contributed by atoms with E-state index < -0.39 is 6.10 Å². The van der Waals surface area contributed by atoms with Crippen molar-refractivity contribution in [3.05, 3.63) is 0 Å². The molecule has 0 bridgehead atoms. The Morgan fingerprint density at radius 3 is 0.778 bits per heavy atom. The fraction of sp³-hybridized carbons (Fsp3) is 0.947. The fourth-order valence-electron chi connectivity index (χ4n) is 8.70. The smallest absolute Gasteiger partial charge is 0.306 e. The zero-order chi connectivity index (χ0) is 46.1. The molecule has 0 spiro atoms. The minimum atomic E-state index is -0.762. The molecule has 0 amide bonds. The first-order valence-electron chi connectivity index (χ1n) is 28.2.